The molecular formula is C3H5BrN4. The van der Waals surface area contributed by atoms with Gasteiger partial charge >= 0.3 is 0 Å². The SMILES string of the molecule is CCc1nnn(Br)n1. The van der Waals surface area contributed by atoms with Crippen molar-refractivity contribution >= 4 is 16.1 Å². The van der Waals surface area contributed by atoms with Gasteiger partial charge in [0, 0.05) is 6.42 Å². The van der Waals surface area contributed by atoms with Crippen molar-refractivity contribution in [2.45, 2.75) is 13.3 Å². The van der Waals surface area contributed by atoms with Crippen LogP contribution < -0.4 is 0 Å². The van der Waals surface area contributed by atoms with Crippen molar-refractivity contribution in [1.29, 1.82) is 0 Å². The first-order valence-corrected chi connectivity index (χ1v) is 2.99. The smallest absolute Gasteiger partial charge is 0.125 e. The first kappa shape index (κ1) is 5.68. The Labute approximate surface area is 55.2 Å². The van der Waals surface area contributed by atoms with Crippen LogP contribution in [0.4, 0.5) is 0 Å². The molecule has 0 bridgehead atoms. The van der Waals surface area contributed by atoms with Crippen molar-refractivity contribution < 1.29 is 0 Å². The van der Waals surface area contributed by atoms with Crippen LogP contribution in [0.15, 0.2) is 0 Å². The molecule has 44 valence electrons. The predicted octanol–water partition coefficient (Wildman–Crippen LogP) is 0.393. The normalized spacial score (nSPS) is 9.75. The van der Waals surface area contributed by atoms with E-state index >= 15 is 0 Å². The van der Waals surface area contributed by atoms with E-state index < -0.39 is 0 Å². The minimum atomic E-state index is 0.752. The van der Waals surface area contributed by atoms with Crippen molar-refractivity contribution in [2.75, 3.05) is 0 Å². The monoisotopic (exact) mass is 176 g/mol. The standard InChI is InChI=1S/C3H5BrN4/c1-2-3-5-7-8(4)6-3/h2H2,1H3. The summed E-state index contributed by atoms with van der Waals surface area (Å²) in [5, 5.41) is 11.1. The van der Waals surface area contributed by atoms with E-state index in [9.17, 15) is 0 Å². The van der Waals surface area contributed by atoms with E-state index in [-0.39, 0.29) is 0 Å². The molecule has 1 rings (SSSR count). The Kier molecular flexibility index (Phi) is 1.57. The summed E-state index contributed by atoms with van der Waals surface area (Å²) in [5.41, 5.74) is 0. The number of rotatable bonds is 1. The van der Waals surface area contributed by atoms with Crippen molar-refractivity contribution in [2.24, 2.45) is 0 Å². The average molecular weight is 177 g/mol. The average Bonchev–Trinajstić information content (AvgIpc) is 2.14. The van der Waals surface area contributed by atoms with Crippen LogP contribution in [0.5, 0.6) is 0 Å². The number of halogens is 1. The van der Waals surface area contributed by atoms with Crippen LogP contribution in [0.25, 0.3) is 0 Å². The Morgan fingerprint density at radius 2 is 2.50 bits per heavy atom. The Bertz CT molecular complexity index is 172. The highest BCUT2D eigenvalue weighted by Crippen LogP contribution is 1.88. The number of tetrazole rings is 1. The third kappa shape index (κ3) is 1.03. The zero-order valence-electron chi connectivity index (χ0n) is 4.37. The lowest BCUT2D eigenvalue weighted by atomic mass is 10.5. The van der Waals surface area contributed by atoms with Crippen molar-refractivity contribution in [1.82, 2.24) is 19.2 Å². The number of aromatic nitrogens is 4. The summed E-state index contributed by atoms with van der Waals surface area (Å²) in [4.78, 5) is 0. The summed E-state index contributed by atoms with van der Waals surface area (Å²) in [6.07, 6.45) is 0.825. The third-order valence-electron chi connectivity index (χ3n) is 0.748. The van der Waals surface area contributed by atoms with E-state index in [1.807, 2.05) is 6.92 Å². The van der Waals surface area contributed by atoms with Gasteiger partial charge in [-0.3, -0.25) is 0 Å². The molecule has 0 saturated carbocycles. The molecule has 0 aliphatic rings. The molecule has 4 nitrogen and oxygen atoms in total. The second-order valence-electron chi connectivity index (χ2n) is 1.30. The molecule has 0 fully saturated rings. The van der Waals surface area contributed by atoms with Gasteiger partial charge in [0.1, 0.15) is 16.1 Å². The van der Waals surface area contributed by atoms with Crippen molar-refractivity contribution in [3.8, 4) is 0 Å². The fourth-order valence-electron chi connectivity index (χ4n) is 0.365. The highest BCUT2D eigenvalue weighted by atomic mass is 79.9. The lowest BCUT2D eigenvalue weighted by Crippen LogP contribution is -1.84. The van der Waals surface area contributed by atoms with Crippen molar-refractivity contribution in [3.05, 3.63) is 5.82 Å². The molecule has 0 aromatic carbocycles. The Balaban J connectivity index is 2.84. The van der Waals surface area contributed by atoms with Gasteiger partial charge < -0.3 is 0 Å². The van der Waals surface area contributed by atoms with E-state index in [0.29, 0.717) is 0 Å². The van der Waals surface area contributed by atoms with Crippen LogP contribution in [-0.4, -0.2) is 19.2 Å². The van der Waals surface area contributed by atoms with Gasteiger partial charge in [-0.15, -0.1) is 10.2 Å². The van der Waals surface area contributed by atoms with Crippen LogP contribution in [0.3, 0.4) is 0 Å². The second-order valence-corrected chi connectivity index (χ2v) is 1.93. The maximum absolute atomic E-state index is 3.84. The second kappa shape index (κ2) is 2.21. The summed E-state index contributed by atoms with van der Waals surface area (Å²) < 4.78 is 1.27. The lowest BCUT2D eigenvalue weighted by Gasteiger charge is -1.75. The van der Waals surface area contributed by atoms with Crippen LogP contribution in [0.2, 0.25) is 0 Å². The van der Waals surface area contributed by atoms with Gasteiger partial charge in [0.2, 0.25) is 0 Å². The first-order chi connectivity index (χ1) is 3.83. The van der Waals surface area contributed by atoms with E-state index in [1.165, 1.54) is 3.82 Å². The molecule has 8 heavy (non-hydrogen) atoms. The van der Waals surface area contributed by atoms with Crippen LogP contribution in [-0.2, 0) is 6.42 Å². The molecule has 1 heterocycles. The fraction of sp³-hybridized carbons (Fsp3) is 0.667. The van der Waals surface area contributed by atoms with Gasteiger partial charge in [0.15, 0.2) is 5.82 Å². The van der Waals surface area contributed by atoms with Gasteiger partial charge in [-0.1, -0.05) is 10.7 Å². The minimum Gasteiger partial charge on any atom is -0.125 e. The highest BCUT2D eigenvalue weighted by molar-refractivity contribution is 9.08. The zero-order valence-corrected chi connectivity index (χ0v) is 5.96. The summed E-state index contributed by atoms with van der Waals surface area (Å²) >= 11 is 3.00. The van der Waals surface area contributed by atoms with E-state index in [4.69, 9.17) is 0 Å². The van der Waals surface area contributed by atoms with Crippen molar-refractivity contribution in [3.63, 3.8) is 0 Å². The number of nitrogens with zero attached hydrogens (tertiary/aromatic N) is 4. The van der Waals surface area contributed by atoms with E-state index in [0.717, 1.165) is 12.2 Å². The predicted molar refractivity (Wildman–Crippen MR) is 31.5 cm³/mol. The highest BCUT2D eigenvalue weighted by Gasteiger charge is 1.93. The molecule has 0 aliphatic heterocycles. The van der Waals surface area contributed by atoms with E-state index in [2.05, 4.69) is 31.6 Å². The maximum Gasteiger partial charge on any atom is 0.175 e. The van der Waals surface area contributed by atoms with E-state index in [1.54, 1.807) is 0 Å². The molecular weight excluding hydrogens is 172 g/mol. The third-order valence-corrected chi connectivity index (χ3v) is 1.05. The van der Waals surface area contributed by atoms with Gasteiger partial charge in [-0.05, 0) is 5.21 Å². The van der Waals surface area contributed by atoms with Crippen LogP contribution >= 0.6 is 16.1 Å². The molecule has 0 radical (unpaired) electrons. The molecule has 1 aromatic heterocycles. The summed E-state index contributed by atoms with van der Waals surface area (Å²) in [6, 6.07) is 0. The van der Waals surface area contributed by atoms with Gasteiger partial charge in [0.25, 0.3) is 0 Å². The molecule has 0 aliphatic carbocycles. The molecule has 0 N–H and O–H groups in total. The van der Waals surface area contributed by atoms with Gasteiger partial charge in [-0.2, -0.15) is 0 Å². The molecule has 0 atom stereocenters. The summed E-state index contributed by atoms with van der Waals surface area (Å²) in [6.45, 7) is 1.98. The maximum atomic E-state index is 3.84. The molecule has 0 saturated heterocycles. The molecule has 1 aromatic rings. The molecule has 0 amide bonds. The molecule has 5 heteroatoms. The van der Waals surface area contributed by atoms with Crippen LogP contribution in [0.1, 0.15) is 12.7 Å². The molecule has 0 unspecified atom stereocenters. The Morgan fingerprint density at radius 3 is 2.75 bits per heavy atom. The number of hydrogen-bond donors (Lipinski definition) is 0. The largest absolute Gasteiger partial charge is 0.175 e. The Morgan fingerprint density at radius 1 is 1.75 bits per heavy atom. The van der Waals surface area contributed by atoms with Gasteiger partial charge in [-0.25, -0.2) is 0 Å². The van der Waals surface area contributed by atoms with Crippen LogP contribution in [0, 0.1) is 0 Å². The topological polar surface area (TPSA) is 43.6 Å². The fourth-order valence-corrected chi connectivity index (χ4v) is 0.619. The summed E-state index contributed by atoms with van der Waals surface area (Å²) in [7, 11) is 0. The van der Waals surface area contributed by atoms with Gasteiger partial charge in [0.05, 0.1) is 0 Å². The lowest BCUT2D eigenvalue weighted by molar-refractivity contribution is 0.834. The minimum absolute atomic E-state index is 0.752. The number of hydrogen-bond acceptors (Lipinski definition) is 3. The quantitative estimate of drug-likeness (QED) is 0.623. The summed E-state index contributed by atoms with van der Waals surface area (Å²) in [5.74, 6) is 0.752. The molecule has 0 spiro atoms. The first-order valence-electron chi connectivity index (χ1n) is 2.28. The zero-order chi connectivity index (χ0) is 5.98. The number of aryl methyl sites for hydroxylation is 1. The Hall–Kier alpha value is -0.450.